The molecule has 1 aromatic carbocycles. The quantitative estimate of drug-likeness (QED) is 0.678. The zero-order valence-electron chi connectivity index (χ0n) is 11.3. The Labute approximate surface area is 136 Å². The van der Waals surface area contributed by atoms with Gasteiger partial charge in [0.05, 0.1) is 0 Å². The topological polar surface area (TPSA) is 12.0 Å². The third-order valence-corrected chi connectivity index (χ3v) is 5.74. The second kappa shape index (κ2) is 6.12. The Bertz CT molecular complexity index is 606. The second-order valence-electron chi connectivity index (χ2n) is 5.20. The van der Waals surface area contributed by atoms with E-state index in [0.717, 1.165) is 21.6 Å². The molecule has 0 bridgehead atoms. The second-order valence-corrected chi connectivity index (χ2v) is 7.48. The number of hydrogen-bond donors (Lipinski definition) is 1. The molecule has 1 saturated carbocycles. The molecule has 2 aromatic rings. The van der Waals surface area contributed by atoms with Gasteiger partial charge < -0.3 is 5.32 Å². The van der Waals surface area contributed by atoms with Crippen LogP contribution >= 0.6 is 33.9 Å². The number of benzene rings is 1. The molecule has 1 heterocycles. The van der Waals surface area contributed by atoms with Gasteiger partial charge >= 0.3 is 0 Å². The SMILES string of the molecule is CCNC(c1ccc(-c2ccc(F)cc2I)s1)C1CC1. The van der Waals surface area contributed by atoms with Crippen molar-refractivity contribution in [2.75, 3.05) is 6.54 Å². The average molecular weight is 401 g/mol. The lowest BCUT2D eigenvalue weighted by molar-refractivity contribution is 0.504. The zero-order chi connectivity index (χ0) is 14.1. The Morgan fingerprint density at radius 3 is 2.80 bits per heavy atom. The van der Waals surface area contributed by atoms with E-state index in [1.54, 1.807) is 12.1 Å². The van der Waals surface area contributed by atoms with E-state index in [9.17, 15) is 4.39 Å². The molecule has 3 rings (SSSR count). The van der Waals surface area contributed by atoms with Gasteiger partial charge in [-0.1, -0.05) is 6.92 Å². The molecule has 1 nitrogen and oxygen atoms in total. The van der Waals surface area contributed by atoms with Crippen LogP contribution in [0.3, 0.4) is 0 Å². The lowest BCUT2D eigenvalue weighted by Crippen LogP contribution is -2.21. The first kappa shape index (κ1) is 14.5. The molecule has 1 unspecified atom stereocenters. The van der Waals surface area contributed by atoms with Crippen molar-refractivity contribution in [2.45, 2.75) is 25.8 Å². The average Bonchev–Trinajstić information content (AvgIpc) is 3.14. The molecule has 0 aliphatic heterocycles. The summed E-state index contributed by atoms with van der Waals surface area (Å²) >= 11 is 4.04. The van der Waals surface area contributed by atoms with Crippen LogP contribution in [-0.2, 0) is 0 Å². The van der Waals surface area contributed by atoms with Crippen LogP contribution in [0.15, 0.2) is 30.3 Å². The summed E-state index contributed by atoms with van der Waals surface area (Å²) in [5, 5.41) is 3.60. The number of halogens is 2. The number of nitrogens with one attached hydrogen (secondary N) is 1. The third-order valence-electron chi connectivity index (χ3n) is 3.65. The summed E-state index contributed by atoms with van der Waals surface area (Å²) in [5.74, 6) is 0.632. The van der Waals surface area contributed by atoms with Crippen LogP contribution in [-0.4, -0.2) is 6.54 Å². The zero-order valence-corrected chi connectivity index (χ0v) is 14.3. The Kier molecular flexibility index (Phi) is 4.43. The van der Waals surface area contributed by atoms with Gasteiger partial charge in [0.2, 0.25) is 0 Å². The Morgan fingerprint density at radius 1 is 1.35 bits per heavy atom. The smallest absolute Gasteiger partial charge is 0.124 e. The van der Waals surface area contributed by atoms with Gasteiger partial charge in [-0.2, -0.15) is 0 Å². The van der Waals surface area contributed by atoms with E-state index in [1.165, 1.54) is 22.6 Å². The van der Waals surface area contributed by atoms with Gasteiger partial charge in [0.1, 0.15) is 5.82 Å². The highest BCUT2D eigenvalue weighted by Crippen LogP contribution is 2.44. The maximum absolute atomic E-state index is 13.2. The predicted octanol–water partition coefficient (Wildman–Crippen LogP) is 5.22. The van der Waals surface area contributed by atoms with Crippen molar-refractivity contribution in [1.29, 1.82) is 0 Å². The molecular formula is C16H17FINS. The molecule has 0 amide bonds. The van der Waals surface area contributed by atoms with Gasteiger partial charge in [0.25, 0.3) is 0 Å². The van der Waals surface area contributed by atoms with Crippen molar-refractivity contribution in [3.63, 3.8) is 0 Å². The summed E-state index contributed by atoms with van der Waals surface area (Å²) in [7, 11) is 0. The summed E-state index contributed by atoms with van der Waals surface area (Å²) in [6.45, 7) is 3.16. The summed E-state index contributed by atoms with van der Waals surface area (Å²) in [5.41, 5.74) is 1.13. The highest BCUT2D eigenvalue weighted by Gasteiger charge is 2.32. The van der Waals surface area contributed by atoms with Gasteiger partial charge in [-0.3, -0.25) is 0 Å². The third kappa shape index (κ3) is 3.07. The summed E-state index contributed by atoms with van der Waals surface area (Å²) in [6.07, 6.45) is 2.66. The van der Waals surface area contributed by atoms with Gasteiger partial charge in [0.15, 0.2) is 0 Å². The first-order valence-corrected chi connectivity index (χ1v) is 8.87. The standard InChI is InChI=1S/C16H17FINS/c1-2-19-16(10-3-4-10)15-8-7-14(20-15)12-6-5-11(17)9-13(12)18/h5-10,16,19H,2-4H2,1H3. The number of thiophene rings is 1. The Hall–Kier alpha value is -0.460. The largest absolute Gasteiger partial charge is 0.309 e. The molecule has 1 aliphatic rings. The lowest BCUT2D eigenvalue weighted by atomic mass is 10.1. The van der Waals surface area contributed by atoms with Crippen LogP contribution in [0.2, 0.25) is 0 Å². The van der Waals surface area contributed by atoms with Gasteiger partial charge in [-0.05, 0) is 78.2 Å². The fraction of sp³-hybridized carbons (Fsp3) is 0.375. The monoisotopic (exact) mass is 401 g/mol. The van der Waals surface area contributed by atoms with Crippen LogP contribution in [0.5, 0.6) is 0 Å². The van der Waals surface area contributed by atoms with Crippen molar-refractivity contribution in [3.05, 3.63) is 44.6 Å². The summed E-state index contributed by atoms with van der Waals surface area (Å²) in [4.78, 5) is 2.64. The number of rotatable bonds is 5. The van der Waals surface area contributed by atoms with Crippen LogP contribution in [0.1, 0.15) is 30.7 Å². The molecule has 0 spiro atoms. The van der Waals surface area contributed by atoms with E-state index in [0.29, 0.717) is 6.04 Å². The van der Waals surface area contributed by atoms with Crippen LogP contribution in [0, 0.1) is 15.3 Å². The van der Waals surface area contributed by atoms with Gasteiger partial charge in [0, 0.05) is 24.9 Å². The van der Waals surface area contributed by atoms with E-state index in [4.69, 9.17) is 0 Å². The fourth-order valence-electron chi connectivity index (χ4n) is 2.50. The minimum atomic E-state index is -0.168. The van der Waals surface area contributed by atoms with Crippen molar-refractivity contribution in [3.8, 4) is 10.4 Å². The van der Waals surface area contributed by atoms with E-state index in [-0.39, 0.29) is 5.82 Å². The van der Waals surface area contributed by atoms with E-state index in [1.807, 2.05) is 17.4 Å². The molecular weight excluding hydrogens is 384 g/mol. The molecule has 106 valence electrons. The molecule has 0 radical (unpaired) electrons. The molecule has 1 fully saturated rings. The van der Waals surface area contributed by atoms with E-state index >= 15 is 0 Å². The van der Waals surface area contributed by atoms with Crippen LogP contribution < -0.4 is 5.32 Å². The molecule has 4 heteroatoms. The summed E-state index contributed by atoms with van der Waals surface area (Å²) < 4.78 is 14.2. The first-order chi connectivity index (χ1) is 9.69. The molecule has 1 aliphatic carbocycles. The Balaban J connectivity index is 1.89. The highest BCUT2D eigenvalue weighted by atomic mass is 127. The van der Waals surface area contributed by atoms with Crippen LogP contribution in [0.25, 0.3) is 10.4 Å². The van der Waals surface area contributed by atoms with Crippen molar-refractivity contribution >= 4 is 33.9 Å². The minimum absolute atomic E-state index is 0.168. The normalized spacial score (nSPS) is 16.4. The minimum Gasteiger partial charge on any atom is -0.309 e. The van der Waals surface area contributed by atoms with Crippen molar-refractivity contribution in [2.24, 2.45) is 5.92 Å². The molecule has 1 aromatic heterocycles. The van der Waals surface area contributed by atoms with Gasteiger partial charge in [-0.25, -0.2) is 4.39 Å². The molecule has 1 N–H and O–H groups in total. The first-order valence-electron chi connectivity index (χ1n) is 6.97. The fourth-order valence-corrected chi connectivity index (χ4v) is 4.67. The highest BCUT2D eigenvalue weighted by molar-refractivity contribution is 14.1. The number of hydrogen-bond acceptors (Lipinski definition) is 2. The lowest BCUT2D eigenvalue weighted by Gasteiger charge is -2.15. The van der Waals surface area contributed by atoms with Crippen molar-refractivity contribution in [1.82, 2.24) is 5.32 Å². The van der Waals surface area contributed by atoms with Gasteiger partial charge in [-0.15, -0.1) is 11.3 Å². The van der Waals surface area contributed by atoms with E-state index < -0.39 is 0 Å². The predicted molar refractivity (Wildman–Crippen MR) is 91.6 cm³/mol. The maximum atomic E-state index is 13.2. The molecule has 0 saturated heterocycles. The Morgan fingerprint density at radius 2 is 2.15 bits per heavy atom. The summed E-state index contributed by atoms with van der Waals surface area (Å²) in [6, 6.07) is 9.91. The van der Waals surface area contributed by atoms with E-state index in [2.05, 4.69) is 47.0 Å². The van der Waals surface area contributed by atoms with Crippen LogP contribution in [0.4, 0.5) is 4.39 Å². The molecule has 1 atom stereocenters. The van der Waals surface area contributed by atoms with Crippen molar-refractivity contribution < 1.29 is 4.39 Å². The molecule has 20 heavy (non-hydrogen) atoms. The maximum Gasteiger partial charge on any atom is 0.124 e.